The van der Waals surface area contributed by atoms with Crippen molar-refractivity contribution in [1.82, 2.24) is 31.1 Å². The fraction of sp³-hybridized carbons (Fsp3) is 0.500. The van der Waals surface area contributed by atoms with Crippen LogP contribution in [0.25, 0.3) is 10.8 Å². The number of piperidine rings is 2. The largest absolute Gasteiger partial charge is 0.356 e. The van der Waals surface area contributed by atoms with Crippen molar-refractivity contribution in [2.24, 2.45) is 5.41 Å². The number of thioether (sulfide) groups is 1. The molecule has 6 amide bonds. The topological polar surface area (TPSA) is 157 Å². The average molecular weight is 799 g/mol. The number of rotatable bonds is 17. The molecule has 2 aliphatic heterocycles. The standard InChI is InChI=1S/C44H58N6O6S/c1-3-45-42(55)44(29-33-13-6-4-7-14-33)22-12-24-50(31-44)41(54)38(28-34-18-19-35-15-9-10-16-36(35)27-34)48-43(56)49-25-20-37(21-26-49)47-39(52)17-8-5-11-23-46-40(53)30-57-32(2)51/h4,6-7,9-10,13-16,18-19,27,37-38H,3,5,8,11-12,17,20-26,28-31H2,1-2H3,(H,45,55)(H,46,53)(H,47,52)(H,48,56)/t38-,44+/m1/s1. The molecule has 2 fully saturated rings. The summed E-state index contributed by atoms with van der Waals surface area (Å²) in [6.07, 6.45) is 5.99. The van der Waals surface area contributed by atoms with Crippen LogP contribution in [0.3, 0.4) is 0 Å². The highest BCUT2D eigenvalue weighted by molar-refractivity contribution is 8.14. The van der Waals surface area contributed by atoms with Gasteiger partial charge in [0.1, 0.15) is 6.04 Å². The number of nitrogens with zero attached hydrogens (tertiary/aromatic N) is 2. The Morgan fingerprint density at radius 3 is 2.28 bits per heavy atom. The highest BCUT2D eigenvalue weighted by atomic mass is 32.2. The van der Waals surface area contributed by atoms with Crippen LogP contribution in [0.5, 0.6) is 0 Å². The number of hydrogen-bond donors (Lipinski definition) is 4. The SMILES string of the molecule is CCNC(=O)[C@]1(Cc2ccccc2)CCCN(C(=O)[C@@H](Cc2ccc3ccccc3c2)NC(=O)N2CCC(NC(=O)CCCCCNC(=O)CSC(C)=O)CC2)C1. The number of benzene rings is 3. The molecule has 2 aliphatic rings. The highest BCUT2D eigenvalue weighted by Gasteiger charge is 2.44. The van der Waals surface area contributed by atoms with Gasteiger partial charge in [0.15, 0.2) is 5.12 Å². The lowest BCUT2D eigenvalue weighted by molar-refractivity contribution is -0.143. The van der Waals surface area contributed by atoms with E-state index in [4.69, 9.17) is 0 Å². The molecule has 12 nitrogen and oxygen atoms in total. The van der Waals surface area contributed by atoms with Crippen LogP contribution < -0.4 is 21.3 Å². The second kappa shape index (κ2) is 21.6. The van der Waals surface area contributed by atoms with Crippen LogP contribution in [0.15, 0.2) is 72.8 Å². The predicted molar refractivity (Wildman–Crippen MR) is 224 cm³/mol. The van der Waals surface area contributed by atoms with Crippen molar-refractivity contribution < 1.29 is 28.8 Å². The van der Waals surface area contributed by atoms with Gasteiger partial charge in [-0.2, -0.15) is 0 Å². The Balaban J connectivity index is 1.18. The van der Waals surface area contributed by atoms with Crippen molar-refractivity contribution in [3.05, 3.63) is 83.9 Å². The minimum Gasteiger partial charge on any atom is -0.356 e. The number of likely N-dealkylation sites (tertiary alicyclic amines) is 2. The molecule has 2 heterocycles. The number of hydrogen-bond acceptors (Lipinski definition) is 7. The molecule has 2 saturated heterocycles. The van der Waals surface area contributed by atoms with E-state index < -0.39 is 11.5 Å². The second-order valence-electron chi connectivity index (χ2n) is 15.3. The van der Waals surface area contributed by atoms with Crippen molar-refractivity contribution in [3.8, 4) is 0 Å². The molecule has 13 heteroatoms. The van der Waals surface area contributed by atoms with Crippen LogP contribution in [-0.4, -0.2) is 102 Å². The first-order chi connectivity index (χ1) is 27.5. The van der Waals surface area contributed by atoms with Crippen molar-refractivity contribution in [2.45, 2.75) is 90.1 Å². The van der Waals surface area contributed by atoms with Gasteiger partial charge in [0.25, 0.3) is 0 Å². The average Bonchev–Trinajstić information content (AvgIpc) is 3.21. The maximum Gasteiger partial charge on any atom is 0.318 e. The first kappa shape index (κ1) is 43.2. The van der Waals surface area contributed by atoms with E-state index in [0.29, 0.717) is 84.1 Å². The lowest BCUT2D eigenvalue weighted by Gasteiger charge is -2.43. The van der Waals surface area contributed by atoms with Gasteiger partial charge in [0.2, 0.25) is 23.6 Å². The lowest BCUT2D eigenvalue weighted by Crippen LogP contribution is -2.59. The number of fused-ring (bicyclic) bond motifs is 1. The Hall–Kier alpha value is -4.91. The molecule has 0 aromatic heterocycles. The van der Waals surface area contributed by atoms with Crippen molar-refractivity contribution >= 4 is 57.3 Å². The first-order valence-electron chi connectivity index (χ1n) is 20.4. The molecule has 0 aliphatic carbocycles. The van der Waals surface area contributed by atoms with E-state index in [0.717, 1.165) is 46.5 Å². The Labute approximate surface area is 340 Å². The number of nitrogens with one attached hydrogen (secondary N) is 4. The first-order valence-corrected chi connectivity index (χ1v) is 21.4. The minimum atomic E-state index is -0.842. The maximum absolute atomic E-state index is 14.6. The fourth-order valence-electron chi connectivity index (χ4n) is 7.89. The van der Waals surface area contributed by atoms with E-state index in [2.05, 4.69) is 27.3 Å². The third-order valence-electron chi connectivity index (χ3n) is 10.9. The number of carbonyl (C=O) groups is 6. The summed E-state index contributed by atoms with van der Waals surface area (Å²) in [7, 11) is 0. The summed E-state index contributed by atoms with van der Waals surface area (Å²) in [4.78, 5) is 81.1. The van der Waals surface area contributed by atoms with Crippen LogP contribution in [0, 0.1) is 5.41 Å². The van der Waals surface area contributed by atoms with Crippen LogP contribution in [0.1, 0.15) is 76.3 Å². The summed E-state index contributed by atoms with van der Waals surface area (Å²) in [5, 5.41) is 14.1. The Bertz CT molecular complexity index is 1850. The zero-order chi connectivity index (χ0) is 40.6. The molecule has 2 atom stereocenters. The summed E-state index contributed by atoms with van der Waals surface area (Å²) < 4.78 is 0. The van der Waals surface area contributed by atoms with Gasteiger partial charge in [-0.05, 0) is 73.8 Å². The smallest absolute Gasteiger partial charge is 0.318 e. The van der Waals surface area contributed by atoms with Gasteiger partial charge in [0.05, 0.1) is 11.2 Å². The molecular formula is C44H58N6O6S. The molecule has 0 unspecified atom stereocenters. The van der Waals surface area contributed by atoms with Gasteiger partial charge >= 0.3 is 6.03 Å². The van der Waals surface area contributed by atoms with E-state index in [1.165, 1.54) is 6.92 Å². The second-order valence-corrected chi connectivity index (χ2v) is 16.5. The predicted octanol–water partition coefficient (Wildman–Crippen LogP) is 4.99. The number of amides is 6. The number of carbonyl (C=O) groups excluding carboxylic acids is 6. The third kappa shape index (κ3) is 13.1. The fourth-order valence-corrected chi connectivity index (χ4v) is 8.32. The van der Waals surface area contributed by atoms with Gasteiger partial charge in [-0.1, -0.05) is 91.0 Å². The zero-order valence-corrected chi connectivity index (χ0v) is 34.2. The minimum absolute atomic E-state index is 0.0293. The molecule has 0 bridgehead atoms. The Morgan fingerprint density at radius 1 is 0.807 bits per heavy atom. The van der Waals surface area contributed by atoms with E-state index in [1.54, 1.807) is 9.80 Å². The third-order valence-corrected chi connectivity index (χ3v) is 11.7. The molecular weight excluding hydrogens is 741 g/mol. The normalized spacial score (nSPS) is 17.7. The van der Waals surface area contributed by atoms with Crippen molar-refractivity contribution in [1.29, 1.82) is 0 Å². The molecule has 0 radical (unpaired) electrons. The number of urea groups is 1. The van der Waals surface area contributed by atoms with Crippen molar-refractivity contribution in [2.75, 3.05) is 45.0 Å². The molecule has 3 aromatic rings. The van der Waals surface area contributed by atoms with Crippen LogP contribution in [0.4, 0.5) is 4.79 Å². The maximum atomic E-state index is 14.6. The molecule has 57 heavy (non-hydrogen) atoms. The van der Waals surface area contributed by atoms with E-state index in [1.807, 2.05) is 73.7 Å². The van der Waals surface area contributed by atoms with E-state index >= 15 is 0 Å². The summed E-state index contributed by atoms with van der Waals surface area (Å²) >= 11 is 0.985. The van der Waals surface area contributed by atoms with Gasteiger partial charge in [-0.15, -0.1) is 0 Å². The lowest BCUT2D eigenvalue weighted by atomic mass is 9.74. The summed E-state index contributed by atoms with van der Waals surface area (Å²) in [6.45, 7) is 5.99. The molecule has 306 valence electrons. The summed E-state index contributed by atoms with van der Waals surface area (Å²) in [5.41, 5.74) is 1.18. The number of unbranched alkanes of at least 4 members (excludes halogenated alkanes) is 2. The molecule has 4 N–H and O–H groups in total. The monoisotopic (exact) mass is 798 g/mol. The van der Waals surface area contributed by atoms with Gasteiger partial charge in [0, 0.05) is 65.1 Å². The van der Waals surface area contributed by atoms with E-state index in [-0.39, 0.29) is 53.1 Å². The zero-order valence-electron chi connectivity index (χ0n) is 33.4. The Morgan fingerprint density at radius 2 is 1.54 bits per heavy atom. The summed E-state index contributed by atoms with van der Waals surface area (Å²) in [5.74, 6) is -0.328. The van der Waals surface area contributed by atoms with Crippen LogP contribution in [0.2, 0.25) is 0 Å². The van der Waals surface area contributed by atoms with Gasteiger partial charge in [-0.25, -0.2) is 4.79 Å². The molecule has 5 rings (SSSR count). The van der Waals surface area contributed by atoms with Crippen LogP contribution >= 0.6 is 11.8 Å². The van der Waals surface area contributed by atoms with E-state index in [9.17, 15) is 28.8 Å². The molecule has 3 aromatic carbocycles. The van der Waals surface area contributed by atoms with Gasteiger partial charge < -0.3 is 31.1 Å². The Kier molecular flexibility index (Phi) is 16.4. The summed E-state index contributed by atoms with van der Waals surface area (Å²) in [6, 6.07) is 22.9. The molecule has 0 saturated carbocycles. The molecule has 0 spiro atoms. The highest BCUT2D eigenvalue weighted by Crippen LogP contribution is 2.35. The van der Waals surface area contributed by atoms with Gasteiger partial charge in [-0.3, -0.25) is 24.0 Å². The van der Waals surface area contributed by atoms with Crippen LogP contribution in [-0.2, 0) is 36.8 Å². The van der Waals surface area contributed by atoms with Crippen molar-refractivity contribution in [3.63, 3.8) is 0 Å². The quantitative estimate of drug-likeness (QED) is 0.140.